The monoisotopic (exact) mass is 254 g/mol. The van der Waals surface area contributed by atoms with Crippen LogP contribution in [0.15, 0.2) is 0 Å². The van der Waals surface area contributed by atoms with Crippen molar-refractivity contribution in [3.05, 3.63) is 5.82 Å². The van der Waals surface area contributed by atoms with Gasteiger partial charge in [-0.05, 0) is 31.8 Å². The topological polar surface area (TPSA) is 41.1 Å². The van der Waals surface area contributed by atoms with Crippen molar-refractivity contribution in [1.82, 2.24) is 14.7 Å². The van der Waals surface area contributed by atoms with Gasteiger partial charge in [0.25, 0.3) is 0 Å². The van der Waals surface area contributed by atoms with Gasteiger partial charge in [0.1, 0.15) is 5.82 Å². The molecule has 96 valence electrons. The van der Waals surface area contributed by atoms with E-state index in [1.54, 1.807) is 0 Å². The molecular weight excluding hydrogens is 232 g/mol. The van der Waals surface area contributed by atoms with Gasteiger partial charge in [0.2, 0.25) is 5.13 Å². The Hall–Kier alpha value is -0.680. The Morgan fingerprint density at radius 1 is 1.53 bits per heavy atom. The van der Waals surface area contributed by atoms with Gasteiger partial charge in [0, 0.05) is 31.0 Å². The van der Waals surface area contributed by atoms with Crippen LogP contribution in [0.2, 0.25) is 0 Å². The second-order valence-electron chi connectivity index (χ2n) is 5.18. The van der Waals surface area contributed by atoms with Crippen LogP contribution in [0.4, 0.5) is 5.13 Å². The Morgan fingerprint density at radius 3 is 2.94 bits per heavy atom. The minimum Gasteiger partial charge on any atom is -0.350 e. The first-order chi connectivity index (χ1) is 8.16. The second kappa shape index (κ2) is 5.78. The molecular formula is C12H22N4S. The van der Waals surface area contributed by atoms with Crippen LogP contribution in [0.25, 0.3) is 0 Å². The summed E-state index contributed by atoms with van der Waals surface area (Å²) in [5, 5.41) is 4.51. The molecule has 1 N–H and O–H groups in total. The molecule has 1 fully saturated rings. The summed E-state index contributed by atoms with van der Waals surface area (Å²) >= 11 is 1.52. The third-order valence-corrected chi connectivity index (χ3v) is 4.05. The van der Waals surface area contributed by atoms with Gasteiger partial charge in [-0.15, -0.1) is 0 Å². The van der Waals surface area contributed by atoms with Crippen LogP contribution >= 0.6 is 11.5 Å². The highest BCUT2D eigenvalue weighted by Crippen LogP contribution is 2.22. The minimum absolute atomic E-state index is 0.421. The molecule has 1 aromatic heterocycles. The fraction of sp³-hybridized carbons (Fsp3) is 0.833. The van der Waals surface area contributed by atoms with E-state index < -0.39 is 0 Å². The third kappa shape index (κ3) is 3.39. The Labute approximate surface area is 108 Å². The minimum atomic E-state index is 0.421. The van der Waals surface area contributed by atoms with Crippen LogP contribution in [-0.2, 0) is 0 Å². The Kier molecular flexibility index (Phi) is 4.34. The van der Waals surface area contributed by atoms with Crippen LogP contribution in [0.3, 0.4) is 0 Å². The van der Waals surface area contributed by atoms with Gasteiger partial charge in [-0.3, -0.25) is 0 Å². The maximum absolute atomic E-state index is 4.59. The molecule has 1 atom stereocenters. The van der Waals surface area contributed by atoms with Gasteiger partial charge in [-0.2, -0.15) is 4.37 Å². The van der Waals surface area contributed by atoms with Crippen molar-refractivity contribution >= 4 is 16.7 Å². The Bertz CT molecular complexity index is 344. The predicted octanol–water partition coefficient (Wildman–Crippen LogP) is 2.10. The van der Waals surface area contributed by atoms with E-state index in [9.17, 15) is 0 Å². The second-order valence-corrected chi connectivity index (χ2v) is 5.91. The molecule has 0 spiro atoms. The lowest BCUT2D eigenvalue weighted by atomic mass is 9.99. The zero-order valence-electron chi connectivity index (χ0n) is 10.9. The summed E-state index contributed by atoms with van der Waals surface area (Å²) in [4.78, 5) is 6.84. The first-order valence-electron chi connectivity index (χ1n) is 6.42. The fourth-order valence-corrected chi connectivity index (χ4v) is 2.94. The smallest absolute Gasteiger partial charge is 0.204 e. The summed E-state index contributed by atoms with van der Waals surface area (Å²) in [5.74, 6) is 2.14. The van der Waals surface area contributed by atoms with E-state index in [1.165, 1.54) is 30.9 Å². The van der Waals surface area contributed by atoms with Gasteiger partial charge in [-0.1, -0.05) is 13.8 Å². The summed E-state index contributed by atoms with van der Waals surface area (Å²) in [6, 6.07) is 0. The molecule has 17 heavy (non-hydrogen) atoms. The van der Waals surface area contributed by atoms with Crippen molar-refractivity contribution in [2.24, 2.45) is 5.92 Å². The summed E-state index contributed by atoms with van der Waals surface area (Å²) in [5.41, 5.74) is 0. The molecule has 1 aliphatic rings. The summed E-state index contributed by atoms with van der Waals surface area (Å²) < 4.78 is 4.40. The van der Waals surface area contributed by atoms with Crippen molar-refractivity contribution in [2.75, 3.05) is 31.6 Å². The maximum Gasteiger partial charge on any atom is 0.204 e. The molecule has 0 aromatic carbocycles. The molecule has 2 heterocycles. The zero-order chi connectivity index (χ0) is 12.3. The normalized spacial score (nSPS) is 20.8. The molecule has 2 rings (SSSR count). The van der Waals surface area contributed by atoms with Crippen LogP contribution in [0.1, 0.15) is 38.4 Å². The van der Waals surface area contributed by atoms with Crippen molar-refractivity contribution in [1.29, 1.82) is 0 Å². The lowest BCUT2D eigenvalue weighted by Crippen LogP contribution is -2.36. The maximum atomic E-state index is 4.59. The number of rotatable bonds is 4. The lowest BCUT2D eigenvalue weighted by molar-refractivity contribution is 0.381. The van der Waals surface area contributed by atoms with Gasteiger partial charge in [0.15, 0.2) is 0 Å². The number of anilines is 1. The number of aromatic nitrogens is 2. The summed E-state index contributed by atoms with van der Waals surface area (Å²) in [6.07, 6.45) is 2.62. The van der Waals surface area contributed by atoms with Gasteiger partial charge in [-0.25, -0.2) is 4.98 Å². The van der Waals surface area contributed by atoms with E-state index in [4.69, 9.17) is 0 Å². The van der Waals surface area contributed by atoms with Gasteiger partial charge < -0.3 is 10.2 Å². The van der Waals surface area contributed by atoms with E-state index >= 15 is 0 Å². The van der Waals surface area contributed by atoms with Crippen LogP contribution in [0, 0.1) is 5.92 Å². The highest BCUT2D eigenvalue weighted by atomic mass is 32.1. The quantitative estimate of drug-likeness (QED) is 0.893. The molecule has 4 nitrogen and oxygen atoms in total. The lowest BCUT2D eigenvalue weighted by Gasteiger charge is -2.27. The highest BCUT2D eigenvalue weighted by Gasteiger charge is 2.17. The average Bonchev–Trinajstić information content (AvgIpc) is 2.79. The number of piperidine rings is 1. The van der Waals surface area contributed by atoms with Crippen molar-refractivity contribution in [2.45, 2.75) is 32.6 Å². The van der Waals surface area contributed by atoms with Gasteiger partial charge in [0.05, 0.1) is 0 Å². The first-order valence-corrected chi connectivity index (χ1v) is 7.19. The molecule has 0 saturated carbocycles. The van der Waals surface area contributed by atoms with Crippen molar-refractivity contribution < 1.29 is 0 Å². The van der Waals surface area contributed by atoms with Crippen molar-refractivity contribution in [3.63, 3.8) is 0 Å². The SMILES string of the molecule is CC(C)c1nsc(N(C)CC2CCCNC2)n1. The molecule has 0 radical (unpaired) electrons. The van der Waals surface area contributed by atoms with Crippen molar-refractivity contribution in [3.8, 4) is 0 Å². The number of hydrogen-bond acceptors (Lipinski definition) is 5. The van der Waals surface area contributed by atoms with E-state index in [0.29, 0.717) is 5.92 Å². The van der Waals surface area contributed by atoms with E-state index in [-0.39, 0.29) is 0 Å². The molecule has 1 saturated heterocycles. The fourth-order valence-electron chi connectivity index (χ4n) is 2.16. The standard InChI is InChI=1S/C12H22N4S/c1-9(2)11-14-12(17-15-11)16(3)8-10-5-4-6-13-7-10/h9-10,13H,4-8H2,1-3H3. The van der Waals surface area contributed by atoms with Crippen LogP contribution < -0.4 is 10.2 Å². The molecule has 0 aliphatic carbocycles. The van der Waals surface area contributed by atoms with Crippen LogP contribution in [-0.4, -0.2) is 36.0 Å². The van der Waals surface area contributed by atoms with Gasteiger partial charge >= 0.3 is 0 Å². The Balaban J connectivity index is 1.91. The molecule has 1 aromatic rings. The predicted molar refractivity (Wildman–Crippen MR) is 72.9 cm³/mol. The number of nitrogens with one attached hydrogen (secondary N) is 1. The first kappa shape index (κ1) is 12.8. The average molecular weight is 254 g/mol. The van der Waals surface area contributed by atoms with Crippen LogP contribution in [0.5, 0.6) is 0 Å². The van der Waals surface area contributed by atoms with E-state index in [1.807, 2.05) is 0 Å². The largest absolute Gasteiger partial charge is 0.350 e. The third-order valence-electron chi connectivity index (χ3n) is 3.20. The Morgan fingerprint density at radius 2 is 2.35 bits per heavy atom. The number of hydrogen-bond donors (Lipinski definition) is 1. The van der Waals surface area contributed by atoms with E-state index in [0.717, 1.165) is 30.0 Å². The number of nitrogens with zero attached hydrogens (tertiary/aromatic N) is 3. The molecule has 1 aliphatic heterocycles. The zero-order valence-corrected chi connectivity index (χ0v) is 11.8. The molecule has 0 bridgehead atoms. The molecule has 1 unspecified atom stereocenters. The highest BCUT2D eigenvalue weighted by molar-refractivity contribution is 7.09. The van der Waals surface area contributed by atoms with E-state index in [2.05, 4.69) is 40.5 Å². The summed E-state index contributed by atoms with van der Waals surface area (Å²) in [7, 11) is 2.12. The molecule has 5 heteroatoms. The summed E-state index contributed by atoms with van der Waals surface area (Å²) in [6.45, 7) is 7.67. The molecule has 0 amide bonds.